The normalized spacial score (nSPS) is 26.6. The molecule has 82 valence electrons. The van der Waals surface area contributed by atoms with Gasteiger partial charge >= 0.3 is 0 Å². The molecule has 0 aromatic heterocycles. The minimum absolute atomic E-state index is 0.0891. The van der Waals surface area contributed by atoms with E-state index >= 15 is 0 Å². The van der Waals surface area contributed by atoms with E-state index in [0.29, 0.717) is 6.04 Å². The van der Waals surface area contributed by atoms with E-state index in [1.807, 2.05) is 6.07 Å². The molecule has 0 radical (unpaired) electrons. The lowest BCUT2D eigenvalue weighted by Gasteiger charge is -2.28. The van der Waals surface area contributed by atoms with Crippen molar-refractivity contribution in [2.45, 2.75) is 24.8 Å². The summed E-state index contributed by atoms with van der Waals surface area (Å²) in [7, 11) is 0. The zero-order valence-corrected chi connectivity index (χ0v) is 10.9. The molecule has 15 heavy (non-hydrogen) atoms. The average molecular weight is 290 g/mol. The van der Waals surface area contributed by atoms with Gasteiger partial charge in [-0.3, -0.25) is 5.32 Å². The lowest BCUT2D eigenvalue weighted by atomic mass is 10.1. The molecule has 1 aromatic rings. The number of thioether (sulfide) groups is 1. The minimum atomic E-state index is -0.127. The second-order valence-corrected chi connectivity index (χ2v) is 5.90. The number of benzene rings is 1. The highest BCUT2D eigenvalue weighted by Gasteiger charge is 2.22. The van der Waals surface area contributed by atoms with E-state index in [-0.39, 0.29) is 11.2 Å². The predicted molar refractivity (Wildman–Crippen MR) is 66.5 cm³/mol. The van der Waals surface area contributed by atoms with Gasteiger partial charge in [0.1, 0.15) is 5.82 Å². The zero-order valence-electron chi connectivity index (χ0n) is 8.47. The Kier molecular flexibility index (Phi) is 3.69. The average Bonchev–Trinajstić information content (AvgIpc) is 2.22. The van der Waals surface area contributed by atoms with Gasteiger partial charge in [-0.05, 0) is 37.3 Å². The highest BCUT2D eigenvalue weighted by molar-refractivity contribution is 9.10. The SMILES string of the molecule is CC1CCSC(c2cc(Br)ccc2F)N1. The van der Waals surface area contributed by atoms with Gasteiger partial charge in [-0.15, -0.1) is 11.8 Å². The molecule has 1 nitrogen and oxygen atoms in total. The number of rotatable bonds is 1. The molecule has 2 rings (SSSR count). The quantitative estimate of drug-likeness (QED) is 0.846. The van der Waals surface area contributed by atoms with E-state index in [4.69, 9.17) is 0 Å². The van der Waals surface area contributed by atoms with Crippen molar-refractivity contribution in [1.82, 2.24) is 5.32 Å². The molecule has 1 N–H and O–H groups in total. The minimum Gasteiger partial charge on any atom is -0.299 e. The van der Waals surface area contributed by atoms with Crippen molar-refractivity contribution in [2.24, 2.45) is 0 Å². The van der Waals surface area contributed by atoms with Crippen molar-refractivity contribution in [1.29, 1.82) is 0 Å². The molecule has 1 fully saturated rings. The Morgan fingerprint density at radius 1 is 1.53 bits per heavy atom. The molecule has 4 heteroatoms. The summed E-state index contributed by atoms with van der Waals surface area (Å²) in [5.74, 6) is 0.961. The van der Waals surface area contributed by atoms with Crippen molar-refractivity contribution in [2.75, 3.05) is 5.75 Å². The molecule has 0 amide bonds. The first-order chi connectivity index (χ1) is 7.16. The molecule has 1 aliphatic rings. The molecule has 1 aromatic carbocycles. The lowest BCUT2D eigenvalue weighted by molar-refractivity contribution is 0.496. The van der Waals surface area contributed by atoms with Crippen molar-refractivity contribution < 1.29 is 4.39 Å². The van der Waals surface area contributed by atoms with Crippen LogP contribution in [0.5, 0.6) is 0 Å². The van der Waals surface area contributed by atoms with Gasteiger partial charge < -0.3 is 0 Å². The van der Waals surface area contributed by atoms with Gasteiger partial charge in [-0.1, -0.05) is 15.9 Å². The summed E-state index contributed by atoms with van der Waals surface area (Å²) in [6.45, 7) is 2.14. The van der Waals surface area contributed by atoms with Crippen LogP contribution in [0.4, 0.5) is 4.39 Å². The molecule has 0 saturated carbocycles. The van der Waals surface area contributed by atoms with Crippen LogP contribution in [0.25, 0.3) is 0 Å². The van der Waals surface area contributed by atoms with Gasteiger partial charge in [-0.2, -0.15) is 0 Å². The Balaban J connectivity index is 2.24. The number of nitrogens with one attached hydrogen (secondary N) is 1. The largest absolute Gasteiger partial charge is 0.299 e. The van der Waals surface area contributed by atoms with Gasteiger partial charge in [0.15, 0.2) is 0 Å². The molecule has 0 spiro atoms. The van der Waals surface area contributed by atoms with Gasteiger partial charge in [0, 0.05) is 16.1 Å². The maximum absolute atomic E-state index is 13.6. The topological polar surface area (TPSA) is 12.0 Å². The fraction of sp³-hybridized carbons (Fsp3) is 0.455. The zero-order chi connectivity index (χ0) is 10.8. The Labute approximate surface area is 102 Å². The molecule has 1 heterocycles. The van der Waals surface area contributed by atoms with E-state index in [9.17, 15) is 4.39 Å². The van der Waals surface area contributed by atoms with E-state index in [0.717, 1.165) is 22.2 Å². The van der Waals surface area contributed by atoms with Crippen molar-refractivity contribution in [3.63, 3.8) is 0 Å². The Morgan fingerprint density at radius 2 is 2.33 bits per heavy atom. The van der Waals surface area contributed by atoms with Gasteiger partial charge in [0.25, 0.3) is 0 Å². The van der Waals surface area contributed by atoms with E-state index in [1.165, 1.54) is 6.07 Å². The molecule has 0 aliphatic carbocycles. The second-order valence-electron chi connectivity index (χ2n) is 3.77. The first-order valence-electron chi connectivity index (χ1n) is 4.99. The standard InChI is InChI=1S/C11H13BrFNS/c1-7-4-5-15-11(14-7)9-6-8(12)2-3-10(9)13/h2-3,6-7,11,14H,4-5H2,1H3. The fourth-order valence-electron chi connectivity index (χ4n) is 1.65. The molecule has 2 atom stereocenters. The predicted octanol–water partition coefficient (Wildman–Crippen LogP) is 3.70. The van der Waals surface area contributed by atoms with Crippen molar-refractivity contribution >= 4 is 27.7 Å². The summed E-state index contributed by atoms with van der Waals surface area (Å²) < 4.78 is 14.5. The lowest BCUT2D eigenvalue weighted by Crippen LogP contribution is -2.34. The monoisotopic (exact) mass is 289 g/mol. The van der Waals surface area contributed by atoms with Gasteiger partial charge in [0.05, 0.1) is 5.37 Å². The summed E-state index contributed by atoms with van der Waals surface area (Å²) in [6, 6.07) is 5.57. The summed E-state index contributed by atoms with van der Waals surface area (Å²) in [5, 5.41) is 3.49. The molecule has 1 saturated heterocycles. The van der Waals surface area contributed by atoms with Crippen LogP contribution in [-0.4, -0.2) is 11.8 Å². The van der Waals surface area contributed by atoms with Gasteiger partial charge in [-0.25, -0.2) is 4.39 Å². The summed E-state index contributed by atoms with van der Waals surface area (Å²) in [6.07, 6.45) is 1.15. The van der Waals surface area contributed by atoms with Crippen molar-refractivity contribution in [3.8, 4) is 0 Å². The van der Waals surface area contributed by atoms with E-state index in [2.05, 4.69) is 28.2 Å². The van der Waals surface area contributed by atoms with Crippen LogP contribution in [0, 0.1) is 5.82 Å². The van der Waals surface area contributed by atoms with Crippen LogP contribution in [0.2, 0.25) is 0 Å². The number of hydrogen-bond acceptors (Lipinski definition) is 2. The molecule has 0 bridgehead atoms. The second kappa shape index (κ2) is 4.85. The number of halogens is 2. The maximum atomic E-state index is 13.6. The Hall–Kier alpha value is -0.0600. The van der Waals surface area contributed by atoms with Crippen LogP contribution in [0.3, 0.4) is 0 Å². The Bertz CT molecular complexity index is 358. The smallest absolute Gasteiger partial charge is 0.128 e. The highest BCUT2D eigenvalue weighted by atomic mass is 79.9. The third-order valence-corrected chi connectivity index (χ3v) is 4.20. The maximum Gasteiger partial charge on any atom is 0.128 e. The summed E-state index contributed by atoms with van der Waals surface area (Å²) in [4.78, 5) is 0. The fourth-order valence-corrected chi connectivity index (χ4v) is 3.44. The highest BCUT2D eigenvalue weighted by Crippen LogP contribution is 2.34. The van der Waals surface area contributed by atoms with Gasteiger partial charge in [0.2, 0.25) is 0 Å². The number of hydrogen-bond donors (Lipinski definition) is 1. The van der Waals surface area contributed by atoms with Crippen LogP contribution < -0.4 is 5.32 Å². The van der Waals surface area contributed by atoms with Crippen LogP contribution >= 0.6 is 27.7 Å². The third-order valence-electron chi connectivity index (χ3n) is 2.51. The first-order valence-corrected chi connectivity index (χ1v) is 6.83. The van der Waals surface area contributed by atoms with Crippen LogP contribution in [0.1, 0.15) is 24.3 Å². The molecular weight excluding hydrogens is 277 g/mol. The summed E-state index contributed by atoms with van der Waals surface area (Å²) in [5.41, 5.74) is 0.751. The molecule has 2 unspecified atom stereocenters. The van der Waals surface area contributed by atoms with Crippen molar-refractivity contribution in [3.05, 3.63) is 34.1 Å². The Morgan fingerprint density at radius 3 is 3.07 bits per heavy atom. The first kappa shape index (κ1) is 11.4. The summed E-state index contributed by atoms with van der Waals surface area (Å²) >= 11 is 5.15. The van der Waals surface area contributed by atoms with E-state index < -0.39 is 0 Å². The third kappa shape index (κ3) is 2.74. The van der Waals surface area contributed by atoms with Crippen LogP contribution in [0.15, 0.2) is 22.7 Å². The van der Waals surface area contributed by atoms with E-state index in [1.54, 1.807) is 17.8 Å². The van der Waals surface area contributed by atoms with Crippen LogP contribution in [-0.2, 0) is 0 Å². The molecule has 1 aliphatic heterocycles. The molecular formula is C11H13BrFNS.